The molecule has 0 saturated carbocycles. The Morgan fingerprint density at radius 2 is 1.47 bits per heavy atom. The summed E-state index contributed by atoms with van der Waals surface area (Å²) in [6.45, 7) is 0. The molecule has 0 aromatic heterocycles. The quantitative estimate of drug-likeness (QED) is 0.533. The predicted octanol–water partition coefficient (Wildman–Crippen LogP) is 3.52. The van der Waals surface area contributed by atoms with Crippen LogP contribution in [0, 0.1) is 0 Å². The number of benzene rings is 3. The standard InChI is InChI=1S/C23H18N2O5/c1-29-19-12-11-14(15-7-3-4-8-16(15)19)13-17-21(26)24-23(28)25(22(17)27)18-9-5-6-10-20(18)30-2/h3-13H,1-2H3,(H,24,26,28)/b17-13+. The molecule has 7 nitrogen and oxygen atoms in total. The number of barbiturate groups is 1. The number of rotatable bonds is 4. The van der Waals surface area contributed by atoms with Gasteiger partial charge in [0, 0.05) is 5.39 Å². The van der Waals surface area contributed by atoms with Crippen LogP contribution in [0.5, 0.6) is 11.5 Å². The van der Waals surface area contributed by atoms with Crippen molar-refractivity contribution in [2.75, 3.05) is 19.1 Å². The maximum atomic E-state index is 13.2. The molecule has 1 saturated heterocycles. The Hall–Kier alpha value is -4.13. The minimum Gasteiger partial charge on any atom is -0.496 e. The molecule has 0 radical (unpaired) electrons. The van der Waals surface area contributed by atoms with Crippen molar-refractivity contribution in [3.05, 3.63) is 71.8 Å². The molecule has 150 valence electrons. The summed E-state index contributed by atoms with van der Waals surface area (Å²) >= 11 is 0. The molecule has 1 fully saturated rings. The number of imide groups is 2. The van der Waals surface area contributed by atoms with E-state index in [1.165, 1.54) is 13.2 Å². The summed E-state index contributed by atoms with van der Waals surface area (Å²) in [4.78, 5) is 39.0. The molecule has 3 aromatic carbocycles. The van der Waals surface area contributed by atoms with Crippen LogP contribution >= 0.6 is 0 Å². The fraction of sp³-hybridized carbons (Fsp3) is 0.0870. The van der Waals surface area contributed by atoms with Crippen LogP contribution in [0.3, 0.4) is 0 Å². The lowest BCUT2D eigenvalue weighted by atomic mass is 10.00. The van der Waals surface area contributed by atoms with Gasteiger partial charge >= 0.3 is 6.03 Å². The number of urea groups is 1. The Morgan fingerprint density at radius 1 is 0.800 bits per heavy atom. The molecule has 0 spiro atoms. The molecular weight excluding hydrogens is 384 g/mol. The number of hydrogen-bond donors (Lipinski definition) is 1. The highest BCUT2D eigenvalue weighted by Gasteiger charge is 2.38. The topological polar surface area (TPSA) is 84.9 Å². The van der Waals surface area contributed by atoms with Crippen LogP contribution in [-0.4, -0.2) is 32.1 Å². The van der Waals surface area contributed by atoms with Gasteiger partial charge < -0.3 is 9.47 Å². The number of fused-ring (bicyclic) bond motifs is 1. The summed E-state index contributed by atoms with van der Waals surface area (Å²) in [5, 5.41) is 3.88. The molecule has 1 aliphatic rings. The van der Waals surface area contributed by atoms with Crippen molar-refractivity contribution in [1.29, 1.82) is 0 Å². The number of para-hydroxylation sites is 2. The monoisotopic (exact) mass is 402 g/mol. The van der Waals surface area contributed by atoms with Gasteiger partial charge in [0.25, 0.3) is 11.8 Å². The van der Waals surface area contributed by atoms with E-state index in [4.69, 9.17) is 9.47 Å². The summed E-state index contributed by atoms with van der Waals surface area (Å²) in [6, 6.07) is 16.8. The van der Waals surface area contributed by atoms with E-state index < -0.39 is 17.8 Å². The molecule has 1 aliphatic heterocycles. The van der Waals surface area contributed by atoms with Crippen LogP contribution in [-0.2, 0) is 9.59 Å². The first-order valence-corrected chi connectivity index (χ1v) is 9.15. The van der Waals surface area contributed by atoms with E-state index in [9.17, 15) is 14.4 Å². The van der Waals surface area contributed by atoms with Crippen molar-refractivity contribution in [2.45, 2.75) is 0 Å². The zero-order chi connectivity index (χ0) is 21.3. The van der Waals surface area contributed by atoms with Crippen molar-refractivity contribution < 1.29 is 23.9 Å². The van der Waals surface area contributed by atoms with Gasteiger partial charge in [0.2, 0.25) is 0 Å². The molecule has 1 heterocycles. The fourth-order valence-corrected chi connectivity index (χ4v) is 3.44. The van der Waals surface area contributed by atoms with E-state index >= 15 is 0 Å². The van der Waals surface area contributed by atoms with E-state index in [-0.39, 0.29) is 11.3 Å². The molecule has 0 aliphatic carbocycles. The number of anilines is 1. The first-order chi connectivity index (χ1) is 14.5. The third kappa shape index (κ3) is 3.16. The summed E-state index contributed by atoms with van der Waals surface area (Å²) in [6.07, 6.45) is 1.48. The maximum Gasteiger partial charge on any atom is 0.336 e. The first-order valence-electron chi connectivity index (χ1n) is 9.15. The van der Waals surface area contributed by atoms with Gasteiger partial charge in [-0.05, 0) is 35.2 Å². The number of nitrogens with zero attached hydrogens (tertiary/aromatic N) is 1. The number of carbonyl (C=O) groups is 3. The van der Waals surface area contributed by atoms with E-state index in [0.717, 1.165) is 15.7 Å². The second-order valence-corrected chi connectivity index (χ2v) is 6.53. The highest BCUT2D eigenvalue weighted by Crippen LogP contribution is 2.33. The van der Waals surface area contributed by atoms with Gasteiger partial charge in [0.15, 0.2) is 0 Å². The van der Waals surface area contributed by atoms with Gasteiger partial charge in [-0.25, -0.2) is 9.69 Å². The lowest BCUT2D eigenvalue weighted by Crippen LogP contribution is -2.54. The van der Waals surface area contributed by atoms with Crippen LogP contribution in [0.25, 0.3) is 16.8 Å². The molecule has 30 heavy (non-hydrogen) atoms. The average molecular weight is 402 g/mol. The van der Waals surface area contributed by atoms with Gasteiger partial charge in [0.1, 0.15) is 17.1 Å². The second-order valence-electron chi connectivity index (χ2n) is 6.53. The summed E-state index contributed by atoms with van der Waals surface area (Å²) < 4.78 is 10.7. The highest BCUT2D eigenvalue weighted by molar-refractivity contribution is 6.39. The predicted molar refractivity (Wildman–Crippen MR) is 112 cm³/mol. The Bertz CT molecular complexity index is 1220. The van der Waals surface area contributed by atoms with Gasteiger partial charge in [-0.1, -0.05) is 42.5 Å². The number of ether oxygens (including phenoxy) is 2. The number of carbonyl (C=O) groups excluding carboxylic acids is 3. The van der Waals surface area contributed by atoms with Gasteiger partial charge in [-0.15, -0.1) is 0 Å². The normalized spacial score (nSPS) is 15.5. The van der Waals surface area contributed by atoms with Crippen LogP contribution in [0.4, 0.5) is 10.5 Å². The molecule has 0 bridgehead atoms. The zero-order valence-corrected chi connectivity index (χ0v) is 16.3. The zero-order valence-electron chi connectivity index (χ0n) is 16.3. The van der Waals surface area contributed by atoms with Crippen molar-refractivity contribution in [3.8, 4) is 11.5 Å². The number of amides is 4. The van der Waals surface area contributed by atoms with Crippen LogP contribution < -0.4 is 19.7 Å². The Labute approximate surface area is 172 Å². The van der Waals surface area contributed by atoms with Crippen molar-refractivity contribution in [2.24, 2.45) is 0 Å². The number of methoxy groups -OCH3 is 2. The Balaban J connectivity index is 1.84. The van der Waals surface area contributed by atoms with Crippen LogP contribution in [0.2, 0.25) is 0 Å². The average Bonchev–Trinajstić information content (AvgIpc) is 2.76. The fourth-order valence-electron chi connectivity index (χ4n) is 3.44. The largest absolute Gasteiger partial charge is 0.496 e. The first kappa shape index (κ1) is 19.2. The molecule has 0 unspecified atom stereocenters. The molecule has 7 heteroatoms. The molecule has 0 atom stereocenters. The SMILES string of the molecule is COc1ccccc1N1C(=O)NC(=O)/C(=C\c2ccc(OC)c3ccccc23)C1=O. The van der Waals surface area contributed by atoms with E-state index in [1.807, 2.05) is 24.3 Å². The minimum absolute atomic E-state index is 0.157. The van der Waals surface area contributed by atoms with Crippen molar-refractivity contribution in [3.63, 3.8) is 0 Å². The van der Waals surface area contributed by atoms with Gasteiger partial charge in [0.05, 0.1) is 19.9 Å². The third-order valence-electron chi connectivity index (χ3n) is 4.87. The molecular formula is C23H18N2O5. The van der Waals surface area contributed by atoms with E-state index in [0.29, 0.717) is 17.1 Å². The van der Waals surface area contributed by atoms with Crippen molar-refractivity contribution >= 4 is 40.4 Å². The number of hydrogen-bond acceptors (Lipinski definition) is 5. The van der Waals surface area contributed by atoms with Crippen LogP contribution in [0.1, 0.15) is 5.56 Å². The number of nitrogens with one attached hydrogen (secondary N) is 1. The maximum absolute atomic E-state index is 13.2. The Morgan fingerprint density at radius 3 is 2.20 bits per heavy atom. The lowest BCUT2D eigenvalue weighted by molar-refractivity contribution is -0.122. The van der Waals surface area contributed by atoms with Crippen LogP contribution in [0.15, 0.2) is 66.2 Å². The third-order valence-corrected chi connectivity index (χ3v) is 4.87. The molecule has 1 N–H and O–H groups in total. The van der Waals surface area contributed by atoms with Gasteiger partial charge in [-0.2, -0.15) is 0 Å². The molecule has 3 aromatic rings. The lowest BCUT2D eigenvalue weighted by Gasteiger charge is -2.27. The molecule has 4 amide bonds. The molecule has 4 rings (SSSR count). The second kappa shape index (κ2) is 7.71. The smallest absolute Gasteiger partial charge is 0.336 e. The van der Waals surface area contributed by atoms with E-state index in [2.05, 4.69) is 5.32 Å². The summed E-state index contributed by atoms with van der Waals surface area (Å²) in [7, 11) is 3.02. The summed E-state index contributed by atoms with van der Waals surface area (Å²) in [5.41, 5.74) is 0.746. The minimum atomic E-state index is -0.828. The summed E-state index contributed by atoms with van der Waals surface area (Å²) in [5.74, 6) is -0.466. The van der Waals surface area contributed by atoms with Gasteiger partial charge in [-0.3, -0.25) is 14.9 Å². The Kier molecular flexibility index (Phi) is 4.93. The highest BCUT2D eigenvalue weighted by atomic mass is 16.5. The van der Waals surface area contributed by atoms with E-state index in [1.54, 1.807) is 43.5 Å². The van der Waals surface area contributed by atoms with Crippen molar-refractivity contribution in [1.82, 2.24) is 5.32 Å².